The zero-order chi connectivity index (χ0) is 31.4. The summed E-state index contributed by atoms with van der Waals surface area (Å²) in [5, 5.41) is 19.0. The molecule has 2 unspecified atom stereocenters. The molecule has 5 rings (SSSR count). The van der Waals surface area contributed by atoms with Crippen LogP contribution in [0.2, 0.25) is 0 Å². The van der Waals surface area contributed by atoms with Gasteiger partial charge in [0.05, 0.1) is 0 Å². The van der Waals surface area contributed by atoms with E-state index in [0.29, 0.717) is 29.7 Å². The van der Waals surface area contributed by atoms with Gasteiger partial charge >= 0.3 is 6.09 Å². The number of benzene rings is 4. The first-order valence-corrected chi connectivity index (χ1v) is 14.9. The topological polar surface area (TPSA) is 108 Å². The van der Waals surface area contributed by atoms with E-state index in [9.17, 15) is 19.5 Å². The van der Waals surface area contributed by atoms with E-state index >= 15 is 0 Å². The van der Waals surface area contributed by atoms with Gasteiger partial charge in [-0.2, -0.15) is 0 Å². The fraction of sp³-hybridized carbons (Fsp3) is 0.306. The van der Waals surface area contributed by atoms with Gasteiger partial charge in [-0.05, 0) is 74.6 Å². The van der Waals surface area contributed by atoms with Crippen LogP contribution in [0, 0.1) is 6.92 Å². The van der Waals surface area contributed by atoms with Crippen LogP contribution in [-0.4, -0.2) is 45.6 Å². The van der Waals surface area contributed by atoms with Crippen molar-refractivity contribution in [1.29, 1.82) is 0 Å². The highest BCUT2D eigenvalue weighted by molar-refractivity contribution is 6.01. The maximum absolute atomic E-state index is 14.6. The SMILES string of the molecule is Cc1cccc(C(C(=O)Nc2ccc3ccccc3c2)N(C(=O)C(Cc2ccccc2)NC(=O)OC(C)(C)C)C2CC2)c1O. The number of para-hydroxylation sites is 1. The lowest BCUT2D eigenvalue weighted by atomic mass is 9.97. The normalized spacial score (nSPS) is 14.4. The summed E-state index contributed by atoms with van der Waals surface area (Å²) in [5.41, 5.74) is 1.55. The number of fused-ring (bicyclic) bond motifs is 1. The Kier molecular flexibility index (Phi) is 8.90. The van der Waals surface area contributed by atoms with Gasteiger partial charge in [-0.1, -0.05) is 78.9 Å². The van der Waals surface area contributed by atoms with Crippen LogP contribution >= 0.6 is 0 Å². The van der Waals surface area contributed by atoms with Crippen molar-refractivity contribution in [2.45, 2.75) is 70.7 Å². The van der Waals surface area contributed by atoms with Gasteiger partial charge in [0.15, 0.2) is 0 Å². The molecule has 44 heavy (non-hydrogen) atoms. The summed E-state index contributed by atoms with van der Waals surface area (Å²) in [5.74, 6) is -0.941. The second-order valence-electron chi connectivity index (χ2n) is 12.3. The minimum Gasteiger partial charge on any atom is -0.507 e. The van der Waals surface area contributed by atoms with Crippen LogP contribution in [0.3, 0.4) is 0 Å². The van der Waals surface area contributed by atoms with Crippen LogP contribution in [0.4, 0.5) is 10.5 Å². The van der Waals surface area contributed by atoms with E-state index in [2.05, 4.69) is 10.6 Å². The Morgan fingerprint density at radius 2 is 1.59 bits per heavy atom. The first-order chi connectivity index (χ1) is 21.0. The standard InChI is InChI=1S/C36H39N3O5/c1-23-11-10-16-29(32(23)40)31(33(41)37-27-18-17-25-14-8-9-15-26(25)22-27)39(28-19-20-28)34(42)30(21-24-12-6-5-7-13-24)38-35(43)44-36(2,3)4/h5-18,22,28,30-31,40H,19-21H2,1-4H3,(H,37,41)(H,38,43). The Morgan fingerprint density at radius 1 is 0.909 bits per heavy atom. The molecule has 0 heterocycles. The highest BCUT2D eigenvalue weighted by Gasteiger charge is 2.45. The van der Waals surface area contributed by atoms with Crippen molar-refractivity contribution in [1.82, 2.24) is 10.2 Å². The molecule has 8 heteroatoms. The maximum atomic E-state index is 14.6. The number of phenolic OH excluding ortho intramolecular Hbond substituents is 1. The molecule has 8 nitrogen and oxygen atoms in total. The molecule has 1 fully saturated rings. The summed E-state index contributed by atoms with van der Waals surface area (Å²) in [6, 6.07) is 25.6. The van der Waals surface area contributed by atoms with E-state index in [1.807, 2.05) is 72.8 Å². The van der Waals surface area contributed by atoms with Gasteiger partial charge in [0.2, 0.25) is 5.91 Å². The number of nitrogens with one attached hydrogen (secondary N) is 2. The van der Waals surface area contributed by atoms with Crippen LogP contribution in [0.1, 0.15) is 56.3 Å². The van der Waals surface area contributed by atoms with Gasteiger partial charge < -0.3 is 25.4 Å². The zero-order valence-electron chi connectivity index (χ0n) is 25.5. The minimum atomic E-state index is -1.15. The summed E-state index contributed by atoms with van der Waals surface area (Å²) >= 11 is 0. The number of hydrogen-bond donors (Lipinski definition) is 3. The molecular formula is C36H39N3O5. The molecule has 0 radical (unpaired) electrons. The number of amides is 3. The highest BCUT2D eigenvalue weighted by Crippen LogP contribution is 2.40. The lowest BCUT2D eigenvalue weighted by molar-refractivity contribution is -0.141. The Hall–Kier alpha value is -4.85. The highest BCUT2D eigenvalue weighted by atomic mass is 16.6. The van der Waals surface area contributed by atoms with Gasteiger partial charge in [-0.25, -0.2) is 4.79 Å². The average molecular weight is 594 g/mol. The summed E-state index contributed by atoms with van der Waals surface area (Å²) in [6.07, 6.45) is 0.865. The number of ether oxygens (including phenoxy) is 1. The van der Waals surface area contributed by atoms with Crippen molar-refractivity contribution < 1.29 is 24.2 Å². The average Bonchev–Trinajstić information content (AvgIpc) is 3.82. The number of aryl methyl sites for hydroxylation is 1. The number of rotatable bonds is 9. The molecule has 1 aliphatic carbocycles. The van der Waals surface area contributed by atoms with Crippen molar-refractivity contribution >= 4 is 34.4 Å². The summed E-state index contributed by atoms with van der Waals surface area (Å²) in [4.78, 5) is 43.3. The molecule has 2 atom stereocenters. The van der Waals surface area contributed by atoms with Crippen molar-refractivity contribution in [2.24, 2.45) is 0 Å². The predicted octanol–water partition coefficient (Wildman–Crippen LogP) is 6.66. The van der Waals surface area contributed by atoms with E-state index < -0.39 is 35.6 Å². The second-order valence-corrected chi connectivity index (χ2v) is 12.3. The maximum Gasteiger partial charge on any atom is 0.408 e. The van der Waals surface area contributed by atoms with Crippen molar-refractivity contribution in [3.8, 4) is 5.75 Å². The van der Waals surface area contributed by atoms with Gasteiger partial charge in [0.25, 0.3) is 5.91 Å². The third-order valence-electron chi connectivity index (χ3n) is 7.57. The molecule has 0 spiro atoms. The van der Waals surface area contributed by atoms with Crippen LogP contribution < -0.4 is 10.6 Å². The van der Waals surface area contributed by atoms with Crippen molar-refractivity contribution in [3.05, 3.63) is 108 Å². The fourth-order valence-electron chi connectivity index (χ4n) is 5.35. The van der Waals surface area contributed by atoms with Crippen LogP contribution in [0.15, 0.2) is 91.0 Å². The van der Waals surface area contributed by atoms with Crippen LogP contribution in [0.25, 0.3) is 10.8 Å². The van der Waals surface area contributed by atoms with E-state index in [1.54, 1.807) is 45.9 Å². The van der Waals surface area contributed by atoms with Gasteiger partial charge in [-0.3, -0.25) is 9.59 Å². The summed E-state index contributed by atoms with van der Waals surface area (Å²) in [7, 11) is 0. The monoisotopic (exact) mass is 593 g/mol. The lowest BCUT2D eigenvalue weighted by Gasteiger charge is -2.35. The number of hydrogen-bond acceptors (Lipinski definition) is 5. The second kappa shape index (κ2) is 12.8. The number of carbonyl (C=O) groups is 3. The van der Waals surface area contributed by atoms with Crippen molar-refractivity contribution in [2.75, 3.05) is 5.32 Å². The Balaban J connectivity index is 1.53. The van der Waals surface area contributed by atoms with Gasteiger partial charge in [0, 0.05) is 23.7 Å². The third-order valence-corrected chi connectivity index (χ3v) is 7.57. The summed E-state index contributed by atoms with van der Waals surface area (Å²) in [6.45, 7) is 7.02. The van der Waals surface area contributed by atoms with E-state index in [4.69, 9.17) is 4.74 Å². The number of phenols is 1. The molecular weight excluding hydrogens is 554 g/mol. The molecule has 4 aromatic carbocycles. The van der Waals surface area contributed by atoms with Gasteiger partial charge in [0.1, 0.15) is 23.4 Å². The zero-order valence-corrected chi connectivity index (χ0v) is 25.5. The molecule has 0 aromatic heterocycles. The van der Waals surface area contributed by atoms with Crippen LogP contribution in [0.5, 0.6) is 5.75 Å². The third kappa shape index (κ3) is 7.37. The molecule has 0 bridgehead atoms. The Bertz CT molecular complexity index is 1660. The van der Waals surface area contributed by atoms with Crippen LogP contribution in [-0.2, 0) is 20.7 Å². The molecule has 4 aromatic rings. The molecule has 0 saturated heterocycles. The smallest absolute Gasteiger partial charge is 0.408 e. The minimum absolute atomic E-state index is 0.0516. The first-order valence-electron chi connectivity index (χ1n) is 14.9. The summed E-state index contributed by atoms with van der Waals surface area (Å²) < 4.78 is 5.51. The molecule has 3 amide bonds. The lowest BCUT2D eigenvalue weighted by Crippen LogP contribution is -2.54. The Labute approximate surface area is 258 Å². The largest absolute Gasteiger partial charge is 0.507 e. The van der Waals surface area contributed by atoms with E-state index in [0.717, 1.165) is 16.3 Å². The van der Waals surface area contributed by atoms with E-state index in [-0.39, 0.29) is 18.2 Å². The molecule has 1 aliphatic rings. The molecule has 1 saturated carbocycles. The van der Waals surface area contributed by atoms with E-state index in [1.165, 1.54) is 4.90 Å². The molecule has 3 N–H and O–H groups in total. The fourth-order valence-corrected chi connectivity index (χ4v) is 5.35. The quantitative estimate of drug-likeness (QED) is 0.201. The first kappa shape index (κ1) is 30.6. The van der Waals surface area contributed by atoms with Crippen molar-refractivity contribution in [3.63, 3.8) is 0 Å². The number of aromatic hydroxyl groups is 1. The molecule has 0 aliphatic heterocycles. The Morgan fingerprint density at radius 3 is 2.27 bits per heavy atom. The molecule has 228 valence electrons. The number of nitrogens with zero attached hydrogens (tertiary/aromatic N) is 1. The number of anilines is 1. The number of carbonyl (C=O) groups excluding carboxylic acids is 3. The predicted molar refractivity (Wildman–Crippen MR) is 171 cm³/mol. The number of alkyl carbamates (subject to hydrolysis) is 1. The van der Waals surface area contributed by atoms with Gasteiger partial charge in [-0.15, -0.1) is 0 Å².